The van der Waals surface area contributed by atoms with Gasteiger partial charge in [-0.05, 0) is 27.4 Å². The Morgan fingerprint density at radius 1 is 1.44 bits per heavy atom. The Balaban J connectivity index is 1.75. The van der Waals surface area contributed by atoms with Crippen molar-refractivity contribution in [3.05, 3.63) is 45.6 Å². The maximum Gasteiger partial charge on any atom is 0.259 e. The molecule has 92 valence electrons. The van der Waals surface area contributed by atoms with Gasteiger partial charge < -0.3 is 4.74 Å². The van der Waals surface area contributed by atoms with Crippen LogP contribution >= 0.6 is 27.3 Å². The van der Waals surface area contributed by atoms with Crippen LogP contribution in [0.5, 0.6) is 5.88 Å². The highest BCUT2D eigenvalue weighted by Gasteiger charge is 2.07. The molecule has 0 atom stereocenters. The van der Waals surface area contributed by atoms with E-state index in [2.05, 4.69) is 37.3 Å². The van der Waals surface area contributed by atoms with Crippen LogP contribution in [0.1, 0.15) is 4.88 Å². The summed E-state index contributed by atoms with van der Waals surface area (Å²) in [6.07, 6.45) is 6.34. The minimum absolute atomic E-state index is 0.561. The summed E-state index contributed by atoms with van der Waals surface area (Å²) in [5, 5.41) is 2.07. The Bertz CT molecular complexity index is 650. The molecule has 3 aromatic rings. The molecule has 18 heavy (non-hydrogen) atoms. The normalized spacial score (nSPS) is 10.9. The van der Waals surface area contributed by atoms with Crippen LogP contribution in [-0.4, -0.2) is 21.0 Å². The van der Waals surface area contributed by atoms with E-state index in [9.17, 15) is 0 Å². The van der Waals surface area contributed by atoms with E-state index < -0.39 is 0 Å². The van der Waals surface area contributed by atoms with Gasteiger partial charge in [-0.1, -0.05) is 6.07 Å². The summed E-state index contributed by atoms with van der Waals surface area (Å²) in [4.78, 5) is 9.85. The van der Waals surface area contributed by atoms with Gasteiger partial charge in [0, 0.05) is 29.9 Å². The van der Waals surface area contributed by atoms with Crippen LogP contribution < -0.4 is 4.74 Å². The van der Waals surface area contributed by atoms with Crippen LogP contribution in [0.4, 0.5) is 0 Å². The van der Waals surface area contributed by atoms with Crippen molar-refractivity contribution in [1.29, 1.82) is 0 Å². The monoisotopic (exact) mass is 323 g/mol. The number of nitrogens with zero attached hydrogens (tertiary/aromatic N) is 3. The zero-order valence-corrected chi connectivity index (χ0v) is 11.8. The first-order valence-corrected chi connectivity index (χ1v) is 7.14. The number of imidazole rings is 1. The molecular weight excluding hydrogens is 314 g/mol. The molecular formula is C12H10BrN3OS. The number of rotatable bonds is 4. The molecule has 3 heterocycles. The summed E-state index contributed by atoms with van der Waals surface area (Å²) in [6, 6.07) is 4.15. The molecule has 0 aliphatic carbocycles. The predicted molar refractivity (Wildman–Crippen MR) is 74.2 cm³/mol. The van der Waals surface area contributed by atoms with Gasteiger partial charge in [0.2, 0.25) is 5.65 Å². The third-order valence-electron chi connectivity index (χ3n) is 2.48. The van der Waals surface area contributed by atoms with E-state index in [1.807, 2.05) is 22.9 Å². The molecule has 0 N–H and O–H groups in total. The first kappa shape index (κ1) is 11.7. The number of hydrogen-bond donors (Lipinski definition) is 0. The Morgan fingerprint density at radius 2 is 2.39 bits per heavy atom. The van der Waals surface area contributed by atoms with E-state index in [1.54, 1.807) is 17.5 Å². The summed E-state index contributed by atoms with van der Waals surface area (Å²) in [7, 11) is 0. The Hall–Kier alpha value is -1.40. The lowest BCUT2D eigenvalue weighted by atomic mass is 10.4. The van der Waals surface area contributed by atoms with Crippen molar-refractivity contribution in [1.82, 2.24) is 14.4 Å². The molecule has 3 rings (SSSR count). The summed E-state index contributed by atoms with van der Waals surface area (Å²) in [5.74, 6) is 0.561. The standard InChI is InChI=1S/C12H10BrN3OS/c13-10-8-16-5-4-14-11(16)12(15-10)17-6-3-9-2-1-7-18-9/h1-2,4-5,7-8H,3,6H2. The number of hydrogen-bond acceptors (Lipinski definition) is 4. The fourth-order valence-electron chi connectivity index (χ4n) is 1.67. The van der Waals surface area contributed by atoms with Crippen molar-refractivity contribution >= 4 is 32.9 Å². The van der Waals surface area contributed by atoms with Crippen molar-refractivity contribution in [3.63, 3.8) is 0 Å². The van der Waals surface area contributed by atoms with Crippen LogP contribution in [0.2, 0.25) is 0 Å². The fraction of sp³-hybridized carbons (Fsp3) is 0.167. The molecule has 0 aliphatic heterocycles. The van der Waals surface area contributed by atoms with Crippen molar-refractivity contribution in [3.8, 4) is 5.88 Å². The van der Waals surface area contributed by atoms with Crippen molar-refractivity contribution in [2.45, 2.75) is 6.42 Å². The molecule has 0 amide bonds. The van der Waals surface area contributed by atoms with Gasteiger partial charge in [0.05, 0.1) is 6.61 Å². The van der Waals surface area contributed by atoms with Crippen LogP contribution in [0, 0.1) is 0 Å². The topological polar surface area (TPSA) is 39.4 Å². The van der Waals surface area contributed by atoms with Crippen molar-refractivity contribution in [2.24, 2.45) is 0 Å². The van der Waals surface area contributed by atoms with E-state index in [1.165, 1.54) is 4.88 Å². The maximum atomic E-state index is 5.71. The number of thiophene rings is 1. The van der Waals surface area contributed by atoms with E-state index >= 15 is 0 Å². The summed E-state index contributed by atoms with van der Waals surface area (Å²) in [5.41, 5.74) is 0.740. The average molecular weight is 324 g/mol. The molecule has 0 saturated heterocycles. The highest BCUT2D eigenvalue weighted by molar-refractivity contribution is 9.10. The molecule has 3 aromatic heterocycles. The first-order chi connectivity index (χ1) is 8.83. The number of fused-ring (bicyclic) bond motifs is 1. The van der Waals surface area contributed by atoms with Gasteiger partial charge in [-0.3, -0.25) is 4.40 Å². The first-order valence-electron chi connectivity index (χ1n) is 5.47. The number of aromatic nitrogens is 3. The smallest absolute Gasteiger partial charge is 0.259 e. The Labute approximate surface area is 116 Å². The maximum absolute atomic E-state index is 5.71. The molecule has 6 heteroatoms. The lowest BCUT2D eigenvalue weighted by Crippen LogP contribution is -2.04. The lowest BCUT2D eigenvalue weighted by molar-refractivity contribution is 0.312. The quantitative estimate of drug-likeness (QED) is 0.740. The third kappa shape index (κ3) is 2.39. The number of ether oxygens (including phenoxy) is 1. The second kappa shape index (κ2) is 5.07. The highest BCUT2D eigenvalue weighted by atomic mass is 79.9. The second-order valence-corrected chi connectivity index (χ2v) is 5.55. The van der Waals surface area contributed by atoms with Gasteiger partial charge in [-0.15, -0.1) is 11.3 Å². The van der Waals surface area contributed by atoms with Gasteiger partial charge in [-0.2, -0.15) is 0 Å². The zero-order valence-electron chi connectivity index (χ0n) is 9.41. The molecule has 0 bridgehead atoms. The molecule has 0 radical (unpaired) electrons. The van der Waals surface area contributed by atoms with Crippen LogP contribution in [0.15, 0.2) is 40.7 Å². The summed E-state index contributed by atoms with van der Waals surface area (Å²) >= 11 is 5.10. The summed E-state index contributed by atoms with van der Waals surface area (Å²) < 4.78 is 8.34. The zero-order chi connectivity index (χ0) is 12.4. The Morgan fingerprint density at radius 3 is 3.22 bits per heavy atom. The molecule has 0 fully saturated rings. The van der Waals surface area contributed by atoms with Gasteiger partial charge in [0.25, 0.3) is 5.88 Å². The lowest BCUT2D eigenvalue weighted by Gasteiger charge is -2.06. The third-order valence-corrected chi connectivity index (χ3v) is 3.80. The number of halogens is 1. The average Bonchev–Trinajstić information content (AvgIpc) is 2.98. The largest absolute Gasteiger partial charge is 0.475 e. The van der Waals surface area contributed by atoms with E-state index in [4.69, 9.17) is 4.74 Å². The Kier molecular flexibility index (Phi) is 3.29. The second-order valence-electron chi connectivity index (χ2n) is 3.70. The predicted octanol–water partition coefficient (Wildman–Crippen LogP) is 3.17. The van der Waals surface area contributed by atoms with E-state index in [-0.39, 0.29) is 0 Å². The van der Waals surface area contributed by atoms with E-state index in [0.29, 0.717) is 12.5 Å². The highest BCUT2D eigenvalue weighted by Crippen LogP contribution is 2.19. The molecule has 0 saturated carbocycles. The molecule has 0 unspecified atom stereocenters. The SMILES string of the molecule is Brc1cn2ccnc2c(OCCc2cccs2)n1. The van der Waals surface area contributed by atoms with Gasteiger partial charge in [0.1, 0.15) is 4.60 Å². The van der Waals surface area contributed by atoms with Gasteiger partial charge >= 0.3 is 0 Å². The van der Waals surface area contributed by atoms with Gasteiger partial charge in [-0.25, -0.2) is 9.97 Å². The van der Waals surface area contributed by atoms with E-state index in [0.717, 1.165) is 16.7 Å². The summed E-state index contributed by atoms with van der Waals surface area (Å²) in [6.45, 7) is 0.604. The molecule has 0 aromatic carbocycles. The van der Waals surface area contributed by atoms with Gasteiger partial charge in [0.15, 0.2) is 0 Å². The van der Waals surface area contributed by atoms with Crippen molar-refractivity contribution in [2.75, 3.05) is 6.61 Å². The minimum Gasteiger partial charge on any atom is -0.475 e. The van der Waals surface area contributed by atoms with Crippen LogP contribution in [0.3, 0.4) is 0 Å². The van der Waals surface area contributed by atoms with Crippen molar-refractivity contribution < 1.29 is 4.74 Å². The molecule has 0 spiro atoms. The minimum atomic E-state index is 0.561. The molecule has 0 aliphatic rings. The molecule has 4 nitrogen and oxygen atoms in total. The van der Waals surface area contributed by atoms with Crippen LogP contribution in [0.25, 0.3) is 5.65 Å². The van der Waals surface area contributed by atoms with Crippen LogP contribution in [-0.2, 0) is 6.42 Å². The fourth-order valence-corrected chi connectivity index (χ4v) is 2.75.